The molecule has 0 saturated heterocycles. The molecule has 31 heavy (non-hydrogen) atoms. The summed E-state index contributed by atoms with van der Waals surface area (Å²) in [4.78, 5) is 27.6. The number of nitrogens with one attached hydrogen (secondary N) is 1. The van der Waals surface area contributed by atoms with Gasteiger partial charge in [-0.05, 0) is 62.6 Å². The van der Waals surface area contributed by atoms with Gasteiger partial charge in [0, 0.05) is 17.8 Å². The summed E-state index contributed by atoms with van der Waals surface area (Å²) >= 11 is 1.41. The molecule has 7 heteroatoms. The van der Waals surface area contributed by atoms with E-state index < -0.39 is 11.6 Å². The van der Waals surface area contributed by atoms with Crippen LogP contribution in [-0.2, 0) is 21.9 Å². The van der Waals surface area contributed by atoms with E-state index in [-0.39, 0.29) is 35.7 Å². The lowest BCUT2D eigenvalue weighted by atomic mass is 10.1. The van der Waals surface area contributed by atoms with E-state index in [2.05, 4.69) is 5.32 Å². The monoisotopic (exact) mass is 448 g/mol. The Morgan fingerprint density at radius 2 is 1.48 bits per heavy atom. The summed E-state index contributed by atoms with van der Waals surface area (Å²) in [7, 11) is 0. The van der Waals surface area contributed by atoms with Crippen LogP contribution in [0, 0.1) is 11.6 Å². The van der Waals surface area contributed by atoms with Crippen molar-refractivity contribution in [3.05, 3.63) is 71.3 Å². The molecule has 0 aliphatic rings. The van der Waals surface area contributed by atoms with Crippen LogP contribution in [0.25, 0.3) is 0 Å². The van der Waals surface area contributed by atoms with Gasteiger partial charge >= 0.3 is 0 Å². The zero-order valence-electron chi connectivity index (χ0n) is 18.5. The third kappa shape index (κ3) is 8.32. The summed E-state index contributed by atoms with van der Waals surface area (Å²) in [5.74, 6) is -0.305. The van der Waals surface area contributed by atoms with Crippen molar-refractivity contribution in [2.45, 2.75) is 58.0 Å². The zero-order valence-corrected chi connectivity index (χ0v) is 19.3. The van der Waals surface area contributed by atoms with Crippen molar-refractivity contribution in [2.24, 2.45) is 0 Å². The molecule has 168 valence electrons. The highest BCUT2D eigenvalue weighted by molar-refractivity contribution is 7.99. The predicted molar refractivity (Wildman–Crippen MR) is 121 cm³/mol. The van der Waals surface area contributed by atoms with Crippen molar-refractivity contribution in [3.63, 3.8) is 0 Å². The Labute approximate surface area is 187 Å². The summed E-state index contributed by atoms with van der Waals surface area (Å²) in [6, 6.07) is 11.5. The summed E-state index contributed by atoms with van der Waals surface area (Å²) in [5, 5.41) is 2.95. The van der Waals surface area contributed by atoms with Gasteiger partial charge in [0.1, 0.15) is 17.7 Å². The fourth-order valence-corrected chi connectivity index (χ4v) is 3.95. The van der Waals surface area contributed by atoms with Crippen LogP contribution < -0.4 is 5.32 Å². The Morgan fingerprint density at radius 1 is 0.968 bits per heavy atom. The first-order valence-electron chi connectivity index (χ1n) is 10.3. The van der Waals surface area contributed by atoms with Crippen LogP contribution in [-0.4, -0.2) is 34.0 Å². The minimum Gasteiger partial charge on any atom is -0.350 e. The van der Waals surface area contributed by atoms with Gasteiger partial charge in [0.05, 0.1) is 5.75 Å². The SMILES string of the molecule is CCC(C(=O)NC(C)(C)C)N(Cc1ccc(F)cc1)C(=O)CSCc1ccc(F)cc1. The number of hydrogen-bond acceptors (Lipinski definition) is 3. The Morgan fingerprint density at radius 3 is 1.97 bits per heavy atom. The van der Waals surface area contributed by atoms with Crippen LogP contribution in [0.15, 0.2) is 48.5 Å². The van der Waals surface area contributed by atoms with Crippen LogP contribution in [0.3, 0.4) is 0 Å². The van der Waals surface area contributed by atoms with Gasteiger partial charge < -0.3 is 10.2 Å². The molecule has 0 heterocycles. The average molecular weight is 449 g/mol. The maximum atomic E-state index is 13.3. The van der Waals surface area contributed by atoms with Crippen LogP contribution >= 0.6 is 11.8 Å². The van der Waals surface area contributed by atoms with E-state index in [1.54, 1.807) is 29.2 Å². The number of hydrogen-bond donors (Lipinski definition) is 1. The molecule has 0 spiro atoms. The highest BCUT2D eigenvalue weighted by Gasteiger charge is 2.30. The molecule has 0 saturated carbocycles. The summed E-state index contributed by atoms with van der Waals surface area (Å²) < 4.78 is 26.4. The Bertz CT molecular complexity index is 865. The molecule has 0 aliphatic heterocycles. The minimum absolute atomic E-state index is 0.174. The van der Waals surface area contributed by atoms with E-state index in [1.807, 2.05) is 27.7 Å². The second-order valence-corrected chi connectivity index (χ2v) is 9.42. The van der Waals surface area contributed by atoms with Gasteiger partial charge in [0.2, 0.25) is 11.8 Å². The molecule has 0 aromatic heterocycles. The highest BCUT2D eigenvalue weighted by Crippen LogP contribution is 2.18. The molecule has 1 atom stereocenters. The van der Waals surface area contributed by atoms with Gasteiger partial charge in [-0.15, -0.1) is 11.8 Å². The van der Waals surface area contributed by atoms with E-state index in [0.29, 0.717) is 12.2 Å². The van der Waals surface area contributed by atoms with Crippen molar-refractivity contribution >= 4 is 23.6 Å². The lowest BCUT2D eigenvalue weighted by molar-refractivity contribution is -0.140. The van der Waals surface area contributed by atoms with Crippen molar-refractivity contribution in [3.8, 4) is 0 Å². The topological polar surface area (TPSA) is 49.4 Å². The molecule has 2 aromatic carbocycles. The number of halogens is 2. The Hall–Kier alpha value is -2.41. The number of benzene rings is 2. The average Bonchev–Trinajstić information content (AvgIpc) is 2.69. The lowest BCUT2D eigenvalue weighted by Crippen LogP contribution is -2.53. The van der Waals surface area contributed by atoms with Crippen molar-refractivity contribution in [2.75, 3.05) is 5.75 Å². The first-order valence-corrected chi connectivity index (χ1v) is 11.4. The number of amides is 2. The molecular weight excluding hydrogens is 418 g/mol. The normalized spacial score (nSPS) is 12.3. The molecule has 0 radical (unpaired) electrons. The van der Waals surface area contributed by atoms with Crippen molar-refractivity contribution in [1.29, 1.82) is 0 Å². The Balaban J connectivity index is 2.14. The molecule has 2 rings (SSSR count). The van der Waals surface area contributed by atoms with Crippen LogP contribution in [0.4, 0.5) is 8.78 Å². The Kier molecular flexibility index (Phi) is 9.04. The summed E-state index contributed by atoms with van der Waals surface area (Å²) in [6.45, 7) is 7.75. The standard InChI is InChI=1S/C24H30F2N2O2S/c1-5-21(23(30)27-24(2,3)4)28(14-17-6-10-19(25)11-7-17)22(29)16-31-15-18-8-12-20(26)13-9-18/h6-13,21H,5,14-16H2,1-4H3,(H,27,30). The smallest absolute Gasteiger partial charge is 0.243 e. The second-order valence-electron chi connectivity index (χ2n) is 8.43. The highest BCUT2D eigenvalue weighted by atomic mass is 32.2. The molecule has 0 bridgehead atoms. The van der Waals surface area contributed by atoms with Crippen LogP contribution in [0.5, 0.6) is 0 Å². The van der Waals surface area contributed by atoms with Gasteiger partial charge in [-0.3, -0.25) is 9.59 Å². The largest absolute Gasteiger partial charge is 0.350 e. The molecule has 0 fully saturated rings. The maximum absolute atomic E-state index is 13.3. The van der Waals surface area contributed by atoms with E-state index in [4.69, 9.17) is 0 Å². The molecular formula is C24H30F2N2O2S. The maximum Gasteiger partial charge on any atom is 0.243 e. The number of thioether (sulfide) groups is 1. The second kappa shape index (κ2) is 11.3. The van der Waals surface area contributed by atoms with Crippen molar-refractivity contribution < 1.29 is 18.4 Å². The minimum atomic E-state index is -0.636. The van der Waals surface area contributed by atoms with Gasteiger partial charge in [0.25, 0.3) is 0 Å². The number of carbonyl (C=O) groups excluding carboxylic acids is 2. The number of rotatable bonds is 9. The van der Waals surface area contributed by atoms with E-state index in [9.17, 15) is 18.4 Å². The molecule has 1 N–H and O–H groups in total. The predicted octanol–water partition coefficient (Wildman–Crippen LogP) is 4.92. The number of carbonyl (C=O) groups is 2. The van der Waals surface area contributed by atoms with Crippen molar-refractivity contribution in [1.82, 2.24) is 10.2 Å². The first kappa shape index (κ1) is 24.9. The lowest BCUT2D eigenvalue weighted by Gasteiger charge is -2.33. The quantitative estimate of drug-likeness (QED) is 0.592. The fourth-order valence-electron chi connectivity index (χ4n) is 3.08. The zero-order chi connectivity index (χ0) is 23.0. The third-order valence-corrected chi connectivity index (χ3v) is 5.55. The molecule has 1 unspecified atom stereocenters. The fraction of sp³-hybridized carbons (Fsp3) is 0.417. The first-order chi connectivity index (χ1) is 14.6. The van der Waals surface area contributed by atoms with Crippen LogP contribution in [0.2, 0.25) is 0 Å². The van der Waals surface area contributed by atoms with Gasteiger partial charge in [-0.2, -0.15) is 0 Å². The van der Waals surface area contributed by atoms with E-state index in [0.717, 1.165) is 11.1 Å². The van der Waals surface area contributed by atoms with Gasteiger partial charge in [0.15, 0.2) is 0 Å². The number of nitrogens with zero attached hydrogens (tertiary/aromatic N) is 1. The molecule has 2 amide bonds. The van der Waals surface area contributed by atoms with Crippen LogP contribution in [0.1, 0.15) is 45.2 Å². The van der Waals surface area contributed by atoms with Gasteiger partial charge in [-0.25, -0.2) is 8.78 Å². The summed E-state index contributed by atoms with van der Waals surface area (Å²) in [6.07, 6.45) is 0.456. The molecule has 0 aliphatic carbocycles. The summed E-state index contributed by atoms with van der Waals surface area (Å²) in [5.41, 5.74) is 1.24. The molecule has 4 nitrogen and oxygen atoms in total. The molecule has 2 aromatic rings. The third-order valence-electron chi connectivity index (χ3n) is 4.56. The van der Waals surface area contributed by atoms with Gasteiger partial charge in [-0.1, -0.05) is 31.2 Å². The van der Waals surface area contributed by atoms with E-state index >= 15 is 0 Å². The van der Waals surface area contributed by atoms with E-state index in [1.165, 1.54) is 36.0 Å².